The molecule has 1 fully saturated rings. The fourth-order valence-electron chi connectivity index (χ4n) is 1.81. The molecule has 0 bridgehead atoms. The number of aliphatic hydroxyl groups is 1. The topological polar surface area (TPSA) is 38.0 Å². The van der Waals surface area contributed by atoms with E-state index in [4.69, 9.17) is 0 Å². The molecule has 2 rings (SSSR count). The van der Waals surface area contributed by atoms with Gasteiger partial charge >= 0.3 is 0 Å². The third kappa shape index (κ3) is 1.05. The summed E-state index contributed by atoms with van der Waals surface area (Å²) in [5.74, 6) is 0.330. The zero-order valence-corrected chi connectivity index (χ0v) is 7.49. The number of rotatable bonds is 1. The summed E-state index contributed by atoms with van der Waals surface area (Å²) in [5.41, 5.74) is 2.21. The van der Waals surface area contributed by atoms with Crippen molar-refractivity contribution in [3.05, 3.63) is 17.5 Å². The average Bonchev–Trinajstić information content (AvgIpc) is 2.28. The van der Waals surface area contributed by atoms with E-state index >= 15 is 0 Å². The molecule has 1 N–H and O–H groups in total. The van der Waals surface area contributed by atoms with Crippen molar-refractivity contribution >= 4 is 0 Å². The van der Waals surface area contributed by atoms with E-state index in [1.54, 1.807) is 0 Å². The number of aliphatic hydroxyl groups excluding tert-OH is 1. The molecule has 0 amide bonds. The predicted molar refractivity (Wildman–Crippen MR) is 45.9 cm³/mol. The van der Waals surface area contributed by atoms with Crippen LogP contribution in [0.1, 0.15) is 30.1 Å². The van der Waals surface area contributed by atoms with E-state index in [0.717, 1.165) is 18.5 Å². The molecule has 66 valence electrons. The van der Waals surface area contributed by atoms with E-state index in [-0.39, 0.29) is 6.10 Å². The maximum atomic E-state index is 9.45. The van der Waals surface area contributed by atoms with Crippen LogP contribution >= 0.6 is 0 Å². The highest BCUT2D eigenvalue weighted by atomic mass is 16.3. The predicted octanol–water partition coefficient (Wildman–Crippen LogP) is 0.967. The van der Waals surface area contributed by atoms with Crippen molar-refractivity contribution in [2.45, 2.75) is 31.8 Å². The minimum absolute atomic E-state index is 0.139. The number of hydrogen-bond donors (Lipinski definition) is 1. The molecule has 0 aliphatic heterocycles. The van der Waals surface area contributed by atoms with E-state index in [2.05, 4.69) is 11.2 Å². The normalized spacial score (nSPS) is 28.6. The number of aromatic nitrogens is 2. The van der Waals surface area contributed by atoms with Gasteiger partial charge in [-0.15, -0.1) is 0 Å². The molecule has 3 heteroatoms. The van der Waals surface area contributed by atoms with Gasteiger partial charge in [-0.3, -0.25) is 4.68 Å². The molecule has 2 unspecified atom stereocenters. The summed E-state index contributed by atoms with van der Waals surface area (Å²) in [6.07, 6.45) is 1.90. The minimum atomic E-state index is -0.139. The molecule has 1 aliphatic carbocycles. The molecule has 0 aromatic carbocycles. The number of aryl methyl sites for hydroxylation is 2. The van der Waals surface area contributed by atoms with Gasteiger partial charge in [0.2, 0.25) is 0 Å². The lowest BCUT2D eigenvalue weighted by Crippen LogP contribution is -2.30. The fourth-order valence-corrected chi connectivity index (χ4v) is 1.81. The van der Waals surface area contributed by atoms with E-state index in [1.807, 2.05) is 18.7 Å². The first kappa shape index (κ1) is 7.80. The zero-order valence-electron chi connectivity index (χ0n) is 7.49. The first-order valence-corrected chi connectivity index (χ1v) is 4.37. The van der Waals surface area contributed by atoms with Crippen molar-refractivity contribution in [2.24, 2.45) is 7.05 Å². The number of hydrogen-bond acceptors (Lipinski definition) is 2. The molecule has 0 radical (unpaired) electrons. The fraction of sp³-hybridized carbons (Fsp3) is 0.667. The summed E-state index contributed by atoms with van der Waals surface area (Å²) in [7, 11) is 1.94. The lowest BCUT2D eigenvalue weighted by Gasteiger charge is -2.32. The standard InChI is InChI=1S/C9H14N2O/c1-6-5-8(11(2)10-6)7-3-4-9(7)12/h5,7,9,12H,3-4H2,1-2H3. The molecule has 1 saturated carbocycles. The molecule has 1 aliphatic rings. The molecule has 0 saturated heterocycles. The van der Waals surface area contributed by atoms with Crippen LogP contribution in [-0.4, -0.2) is 21.0 Å². The lowest BCUT2D eigenvalue weighted by molar-refractivity contribution is 0.0624. The van der Waals surface area contributed by atoms with Gasteiger partial charge in [-0.25, -0.2) is 0 Å². The smallest absolute Gasteiger partial charge is 0.0624 e. The largest absolute Gasteiger partial charge is 0.392 e. The van der Waals surface area contributed by atoms with Gasteiger partial charge in [0.05, 0.1) is 11.8 Å². The second-order valence-electron chi connectivity index (χ2n) is 3.59. The summed E-state index contributed by atoms with van der Waals surface area (Å²) in [4.78, 5) is 0. The Balaban J connectivity index is 2.27. The zero-order chi connectivity index (χ0) is 8.72. The summed E-state index contributed by atoms with van der Waals surface area (Å²) >= 11 is 0. The quantitative estimate of drug-likeness (QED) is 0.675. The van der Waals surface area contributed by atoms with Crippen LogP contribution in [-0.2, 0) is 7.05 Å². The third-order valence-electron chi connectivity index (χ3n) is 2.66. The van der Waals surface area contributed by atoms with Gasteiger partial charge in [0, 0.05) is 18.7 Å². The molecule has 3 nitrogen and oxygen atoms in total. The molecular weight excluding hydrogens is 152 g/mol. The Bertz CT molecular complexity index is 293. The van der Waals surface area contributed by atoms with Gasteiger partial charge in [0.1, 0.15) is 0 Å². The first-order chi connectivity index (χ1) is 5.68. The highest BCUT2D eigenvalue weighted by molar-refractivity contribution is 5.17. The Kier molecular flexibility index (Phi) is 1.68. The highest BCUT2D eigenvalue weighted by Gasteiger charge is 2.32. The van der Waals surface area contributed by atoms with Crippen molar-refractivity contribution in [1.29, 1.82) is 0 Å². The van der Waals surface area contributed by atoms with Crippen molar-refractivity contribution in [2.75, 3.05) is 0 Å². The van der Waals surface area contributed by atoms with E-state index in [0.29, 0.717) is 5.92 Å². The Morgan fingerprint density at radius 3 is 2.67 bits per heavy atom. The van der Waals surface area contributed by atoms with Gasteiger partial charge in [-0.2, -0.15) is 5.10 Å². The van der Waals surface area contributed by atoms with E-state index < -0.39 is 0 Å². The monoisotopic (exact) mass is 166 g/mol. The second-order valence-corrected chi connectivity index (χ2v) is 3.59. The molecule has 1 aromatic heterocycles. The van der Waals surface area contributed by atoms with Gasteiger partial charge in [-0.05, 0) is 25.8 Å². The molecule has 0 spiro atoms. The maximum absolute atomic E-state index is 9.45. The second kappa shape index (κ2) is 2.59. The summed E-state index contributed by atoms with van der Waals surface area (Å²) in [6, 6.07) is 2.06. The van der Waals surface area contributed by atoms with Crippen molar-refractivity contribution in [3.63, 3.8) is 0 Å². The summed E-state index contributed by atoms with van der Waals surface area (Å²) in [6.45, 7) is 1.98. The first-order valence-electron chi connectivity index (χ1n) is 4.37. The molecule has 2 atom stereocenters. The van der Waals surface area contributed by atoms with Crippen LogP contribution < -0.4 is 0 Å². The third-order valence-corrected chi connectivity index (χ3v) is 2.66. The van der Waals surface area contributed by atoms with Crippen molar-refractivity contribution < 1.29 is 5.11 Å². The van der Waals surface area contributed by atoms with Crippen LogP contribution in [0.4, 0.5) is 0 Å². The maximum Gasteiger partial charge on any atom is 0.0624 e. The van der Waals surface area contributed by atoms with Gasteiger partial charge in [0.25, 0.3) is 0 Å². The number of nitrogens with zero attached hydrogens (tertiary/aromatic N) is 2. The van der Waals surface area contributed by atoms with Gasteiger partial charge in [0.15, 0.2) is 0 Å². The Morgan fingerprint density at radius 1 is 1.58 bits per heavy atom. The molecular formula is C9H14N2O. The van der Waals surface area contributed by atoms with Crippen molar-refractivity contribution in [1.82, 2.24) is 9.78 Å². The Morgan fingerprint density at radius 2 is 2.33 bits per heavy atom. The van der Waals surface area contributed by atoms with Crippen LogP contribution in [0, 0.1) is 6.92 Å². The molecule has 12 heavy (non-hydrogen) atoms. The Hall–Kier alpha value is -0.830. The Labute approximate surface area is 72.0 Å². The van der Waals surface area contributed by atoms with Gasteiger partial charge < -0.3 is 5.11 Å². The van der Waals surface area contributed by atoms with Crippen LogP contribution in [0.25, 0.3) is 0 Å². The van der Waals surface area contributed by atoms with Crippen LogP contribution in [0.5, 0.6) is 0 Å². The van der Waals surface area contributed by atoms with E-state index in [9.17, 15) is 5.11 Å². The van der Waals surface area contributed by atoms with Crippen LogP contribution in [0.2, 0.25) is 0 Å². The average molecular weight is 166 g/mol. The summed E-state index contributed by atoms with van der Waals surface area (Å²) < 4.78 is 1.88. The molecule has 1 heterocycles. The van der Waals surface area contributed by atoms with E-state index in [1.165, 1.54) is 5.69 Å². The van der Waals surface area contributed by atoms with Gasteiger partial charge in [-0.1, -0.05) is 0 Å². The lowest BCUT2D eigenvalue weighted by atomic mass is 9.79. The highest BCUT2D eigenvalue weighted by Crippen LogP contribution is 2.36. The minimum Gasteiger partial charge on any atom is -0.392 e. The SMILES string of the molecule is Cc1cc(C2CCC2O)n(C)n1. The summed E-state index contributed by atoms with van der Waals surface area (Å²) in [5, 5.41) is 13.7. The molecule has 1 aromatic rings. The van der Waals surface area contributed by atoms with Crippen LogP contribution in [0.15, 0.2) is 6.07 Å². The van der Waals surface area contributed by atoms with Crippen LogP contribution in [0.3, 0.4) is 0 Å². The van der Waals surface area contributed by atoms with Crippen molar-refractivity contribution in [3.8, 4) is 0 Å².